The normalized spacial score (nSPS) is 10.4. The first-order chi connectivity index (χ1) is 8.16. The molecule has 3 N–H and O–H groups in total. The SMILES string of the molecule is Nc1cccc(-c2nccn2CCC(=O)O)c1. The second-order valence-electron chi connectivity index (χ2n) is 3.71. The van der Waals surface area contributed by atoms with Crippen molar-refractivity contribution in [1.82, 2.24) is 9.55 Å². The lowest BCUT2D eigenvalue weighted by atomic mass is 10.2. The fourth-order valence-electron chi connectivity index (χ4n) is 1.64. The van der Waals surface area contributed by atoms with Crippen molar-refractivity contribution >= 4 is 11.7 Å². The highest BCUT2D eigenvalue weighted by molar-refractivity contribution is 5.67. The van der Waals surface area contributed by atoms with E-state index in [4.69, 9.17) is 10.8 Å². The van der Waals surface area contributed by atoms with Gasteiger partial charge in [0, 0.05) is 30.2 Å². The van der Waals surface area contributed by atoms with Crippen LogP contribution in [0.4, 0.5) is 5.69 Å². The molecular weight excluding hydrogens is 218 g/mol. The summed E-state index contributed by atoms with van der Waals surface area (Å²) < 4.78 is 1.81. The first-order valence-electron chi connectivity index (χ1n) is 5.25. The molecule has 1 aromatic heterocycles. The first kappa shape index (κ1) is 11.2. The molecule has 2 rings (SSSR count). The van der Waals surface area contributed by atoms with Crippen LogP contribution in [-0.2, 0) is 11.3 Å². The molecule has 2 aromatic rings. The summed E-state index contributed by atoms with van der Waals surface area (Å²) in [5, 5.41) is 8.66. The molecule has 0 saturated heterocycles. The predicted molar refractivity (Wildman–Crippen MR) is 64.3 cm³/mol. The van der Waals surface area contributed by atoms with E-state index in [2.05, 4.69) is 4.98 Å². The van der Waals surface area contributed by atoms with E-state index in [9.17, 15) is 4.79 Å². The molecule has 5 heteroatoms. The van der Waals surface area contributed by atoms with E-state index in [1.807, 2.05) is 22.8 Å². The second-order valence-corrected chi connectivity index (χ2v) is 3.71. The summed E-state index contributed by atoms with van der Waals surface area (Å²) in [6.45, 7) is 0.402. The number of benzene rings is 1. The lowest BCUT2D eigenvalue weighted by molar-refractivity contribution is -0.137. The molecule has 1 heterocycles. The number of hydrogen-bond acceptors (Lipinski definition) is 3. The summed E-state index contributed by atoms with van der Waals surface area (Å²) in [4.78, 5) is 14.8. The number of nitrogens with two attached hydrogens (primary N) is 1. The maximum Gasteiger partial charge on any atom is 0.305 e. The molecule has 0 aliphatic heterocycles. The molecule has 0 aliphatic rings. The average Bonchev–Trinajstić information content (AvgIpc) is 2.74. The van der Waals surface area contributed by atoms with Gasteiger partial charge in [0.05, 0.1) is 6.42 Å². The largest absolute Gasteiger partial charge is 0.481 e. The molecule has 0 atom stereocenters. The number of nitrogens with zero attached hydrogens (tertiary/aromatic N) is 2. The van der Waals surface area contributed by atoms with Gasteiger partial charge in [0.25, 0.3) is 0 Å². The van der Waals surface area contributed by atoms with Crippen molar-refractivity contribution < 1.29 is 9.90 Å². The fourth-order valence-corrected chi connectivity index (χ4v) is 1.64. The van der Waals surface area contributed by atoms with Gasteiger partial charge in [-0.1, -0.05) is 12.1 Å². The van der Waals surface area contributed by atoms with Gasteiger partial charge in [-0.15, -0.1) is 0 Å². The molecule has 0 aliphatic carbocycles. The third-order valence-corrected chi connectivity index (χ3v) is 2.43. The number of imidazole rings is 1. The van der Waals surface area contributed by atoms with Crippen molar-refractivity contribution in [2.45, 2.75) is 13.0 Å². The van der Waals surface area contributed by atoms with Gasteiger partial charge in [-0.05, 0) is 12.1 Å². The van der Waals surface area contributed by atoms with Crippen LogP contribution in [0.2, 0.25) is 0 Å². The maximum atomic E-state index is 10.5. The van der Waals surface area contributed by atoms with Crippen LogP contribution in [0.5, 0.6) is 0 Å². The van der Waals surface area contributed by atoms with Gasteiger partial charge in [0.2, 0.25) is 0 Å². The van der Waals surface area contributed by atoms with Crippen LogP contribution in [0.15, 0.2) is 36.7 Å². The van der Waals surface area contributed by atoms with Crippen LogP contribution < -0.4 is 5.73 Å². The second kappa shape index (κ2) is 4.69. The number of carboxylic acids is 1. The highest BCUT2D eigenvalue weighted by Gasteiger charge is 2.07. The summed E-state index contributed by atoms with van der Waals surface area (Å²) in [7, 11) is 0. The zero-order valence-electron chi connectivity index (χ0n) is 9.21. The van der Waals surface area contributed by atoms with E-state index in [1.54, 1.807) is 18.5 Å². The van der Waals surface area contributed by atoms with Gasteiger partial charge < -0.3 is 15.4 Å². The van der Waals surface area contributed by atoms with Crippen LogP contribution in [0.1, 0.15) is 6.42 Å². The van der Waals surface area contributed by atoms with Gasteiger partial charge >= 0.3 is 5.97 Å². The standard InChI is InChI=1S/C12H13N3O2/c13-10-3-1-2-9(8-10)12-14-5-7-15(12)6-4-11(16)17/h1-3,5,7-8H,4,6,13H2,(H,16,17). The van der Waals surface area contributed by atoms with Gasteiger partial charge in [0.1, 0.15) is 5.82 Å². The topological polar surface area (TPSA) is 81.1 Å². The summed E-state index contributed by atoms with van der Waals surface area (Å²) in [5.74, 6) is -0.0872. The Morgan fingerprint density at radius 1 is 1.47 bits per heavy atom. The van der Waals surface area contributed by atoms with Gasteiger partial charge in [0.15, 0.2) is 0 Å². The number of anilines is 1. The molecule has 88 valence electrons. The van der Waals surface area contributed by atoms with E-state index < -0.39 is 5.97 Å². The quantitative estimate of drug-likeness (QED) is 0.783. The van der Waals surface area contributed by atoms with Crippen molar-refractivity contribution in [1.29, 1.82) is 0 Å². The van der Waals surface area contributed by atoms with Crippen molar-refractivity contribution in [2.75, 3.05) is 5.73 Å². The molecule has 0 radical (unpaired) electrons. The van der Waals surface area contributed by atoms with E-state index in [0.717, 1.165) is 11.4 Å². The molecule has 0 amide bonds. The van der Waals surface area contributed by atoms with E-state index in [-0.39, 0.29) is 6.42 Å². The summed E-state index contributed by atoms with van der Waals surface area (Å²) >= 11 is 0. The Bertz CT molecular complexity index is 534. The lowest BCUT2D eigenvalue weighted by Gasteiger charge is -2.06. The van der Waals surface area contributed by atoms with Crippen LogP contribution in [0.25, 0.3) is 11.4 Å². The number of aromatic nitrogens is 2. The van der Waals surface area contributed by atoms with E-state index in [1.165, 1.54) is 0 Å². The maximum absolute atomic E-state index is 10.5. The number of rotatable bonds is 4. The van der Waals surface area contributed by atoms with Gasteiger partial charge in [-0.3, -0.25) is 4.79 Å². The van der Waals surface area contributed by atoms with E-state index >= 15 is 0 Å². The highest BCUT2D eigenvalue weighted by Crippen LogP contribution is 2.19. The highest BCUT2D eigenvalue weighted by atomic mass is 16.4. The Labute approximate surface area is 98.5 Å². The summed E-state index contributed by atoms with van der Waals surface area (Å²) in [6.07, 6.45) is 3.49. The number of aliphatic carboxylic acids is 1. The smallest absolute Gasteiger partial charge is 0.305 e. The molecule has 0 spiro atoms. The zero-order valence-corrected chi connectivity index (χ0v) is 9.21. The molecule has 5 nitrogen and oxygen atoms in total. The molecule has 0 bridgehead atoms. The zero-order chi connectivity index (χ0) is 12.3. The summed E-state index contributed by atoms with van der Waals surface area (Å²) in [5.41, 5.74) is 7.26. The average molecular weight is 231 g/mol. The monoisotopic (exact) mass is 231 g/mol. The Kier molecular flexibility index (Phi) is 3.09. The Balaban J connectivity index is 2.27. The Morgan fingerprint density at radius 2 is 2.29 bits per heavy atom. The van der Waals surface area contributed by atoms with Crippen LogP contribution in [-0.4, -0.2) is 20.6 Å². The van der Waals surface area contributed by atoms with Crippen LogP contribution >= 0.6 is 0 Å². The minimum absolute atomic E-state index is 0.0751. The summed E-state index contributed by atoms with van der Waals surface area (Å²) in [6, 6.07) is 7.37. The minimum atomic E-state index is -0.822. The number of carbonyl (C=O) groups is 1. The fraction of sp³-hybridized carbons (Fsp3) is 0.167. The number of aryl methyl sites for hydroxylation is 1. The molecule has 0 fully saturated rings. The van der Waals surface area contributed by atoms with Crippen molar-refractivity contribution in [3.8, 4) is 11.4 Å². The predicted octanol–water partition coefficient (Wildman–Crippen LogP) is 1.61. The number of carboxylic acid groups (broad SMARTS) is 1. The molecule has 0 saturated carbocycles. The van der Waals surface area contributed by atoms with Crippen molar-refractivity contribution in [3.05, 3.63) is 36.7 Å². The third-order valence-electron chi connectivity index (χ3n) is 2.43. The molecule has 1 aromatic carbocycles. The van der Waals surface area contributed by atoms with Gasteiger partial charge in [-0.2, -0.15) is 0 Å². The third kappa shape index (κ3) is 2.63. The van der Waals surface area contributed by atoms with Crippen molar-refractivity contribution in [2.24, 2.45) is 0 Å². The van der Waals surface area contributed by atoms with Crippen molar-refractivity contribution in [3.63, 3.8) is 0 Å². The molecule has 0 unspecified atom stereocenters. The lowest BCUT2D eigenvalue weighted by Crippen LogP contribution is -2.05. The molecule has 17 heavy (non-hydrogen) atoms. The van der Waals surface area contributed by atoms with Crippen LogP contribution in [0.3, 0.4) is 0 Å². The van der Waals surface area contributed by atoms with Crippen LogP contribution in [0, 0.1) is 0 Å². The number of hydrogen-bond donors (Lipinski definition) is 2. The molecular formula is C12H13N3O2. The Hall–Kier alpha value is -2.30. The number of nitrogen functional groups attached to an aromatic ring is 1. The van der Waals surface area contributed by atoms with Gasteiger partial charge in [-0.25, -0.2) is 4.98 Å². The Morgan fingerprint density at radius 3 is 3.00 bits per heavy atom. The first-order valence-corrected chi connectivity index (χ1v) is 5.25. The minimum Gasteiger partial charge on any atom is -0.481 e. The van der Waals surface area contributed by atoms with E-state index in [0.29, 0.717) is 12.2 Å².